The smallest absolute Gasteiger partial charge is 0.305 e. The molecule has 0 heterocycles. The average Bonchev–Trinajstić information content (AvgIpc) is 2.54. The number of thiocarbonyl (C=S) groups is 1. The average molecular weight is 323 g/mol. The molecule has 0 aliphatic rings. The van der Waals surface area contributed by atoms with Gasteiger partial charge in [-0.2, -0.15) is 0 Å². The number of carbonyl (C=O) groups excluding carboxylic acids is 1. The van der Waals surface area contributed by atoms with E-state index in [0.717, 1.165) is 18.8 Å². The Bertz CT molecular complexity index is 473. The van der Waals surface area contributed by atoms with E-state index in [1.54, 1.807) is 0 Å². The number of carbonyl (C=O) groups is 1. The summed E-state index contributed by atoms with van der Waals surface area (Å²) in [5.41, 5.74) is 2.15. The zero-order valence-corrected chi connectivity index (χ0v) is 14.3. The van der Waals surface area contributed by atoms with Gasteiger partial charge in [0.2, 0.25) is 0 Å². The number of methoxy groups -OCH3 is 1. The van der Waals surface area contributed by atoms with Gasteiger partial charge in [0.1, 0.15) is 0 Å². The second-order valence-corrected chi connectivity index (χ2v) is 5.19. The molecule has 1 aromatic carbocycles. The lowest BCUT2D eigenvalue weighted by atomic mass is 10.2. The van der Waals surface area contributed by atoms with E-state index in [0.29, 0.717) is 24.5 Å². The van der Waals surface area contributed by atoms with E-state index in [1.165, 1.54) is 12.8 Å². The molecule has 0 saturated carbocycles. The Morgan fingerprint density at radius 3 is 2.41 bits per heavy atom. The maximum Gasteiger partial charge on any atom is 0.305 e. The van der Waals surface area contributed by atoms with Gasteiger partial charge in [-0.3, -0.25) is 4.79 Å². The standard InChI is InChI=1S/C16H25N3O2S/c1-4-19(5-2)14-10-8-13(9-11-14)18-16(22)17-12-6-7-15(20)21-3/h8-11H,4-7,12H2,1-3H3,(H2,17,18,22). The third-order valence-electron chi connectivity index (χ3n) is 3.32. The van der Waals surface area contributed by atoms with Crippen LogP contribution in [0.15, 0.2) is 24.3 Å². The number of hydrogen-bond donors (Lipinski definition) is 2. The Balaban J connectivity index is 2.37. The Labute approximate surface area is 138 Å². The first-order valence-corrected chi connectivity index (χ1v) is 7.98. The highest BCUT2D eigenvalue weighted by molar-refractivity contribution is 7.80. The third-order valence-corrected chi connectivity index (χ3v) is 3.57. The molecule has 0 saturated heterocycles. The molecule has 0 atom stereocenters. The molecule has 0 aliphatic carbocycles. The summed E-state index contributed by atoms with van der Waals surface area (Å²) < 4.78 is 4.58. The molecule has 1 rings (SSSR count). The van der Waals surface area contributed by atoms with Crippen molar-refractivity contribution in [3.8, 4) is 0 Å². The zero-order chi connectivity index (χ0) is 16.4. The third kappa shape index (κ3) is 6.30. The van der Waals surface area contributed by atoms with Crippen LogP contribution in [0.2, 0.25) is 0 Å². The molecular formula is C16H25N3O2S. The van der Waals surface area contributed by atoms with Crippen LogP contribution >= 0.6 is 12.2 Å². The fraction of sp³-hybridized carbons (Fsp3) is 0.500. The first kappa shape index (κ1) is 18.2. The van der Waals surface area contributed by atoms with Gasteiger partial charge in [0.25, 0.3) is 0 Å². The Morgan fingerprint density at radius 1 is 1.23 bits per heavy atom. The number of benzene rings is 1. The van der Waals surface area contributed by atoms with Crippen molar-refractivity contribution in [2.24, 2.45) is 0 Å². The van der Waals surface area contributed by atoms with Crippen molar-refractivity contribution in [2.75, 3.05) is 37.0 Å². The number of esters is 1. The molecule has 0 spiro atoms. The Hall–Kier alpha value is -1.82. The number of hydrogen-bond acceptors (Lipinski definition) is 4. The summed E-state index contributed by atoms with van der Waals surface area (Å²) in [5, 5.41) is 6.76. The van der Waals surface area contributed by atoms with Crippen molar-refractivity contribution in [3.05, 3.63) is 24.3 Å². The molecule has 1 aromatic rings. The number of anilines is 2. The van der Waals surface area contributed by atoms with Crippen LogP contribution < -0.4 is 15.5 Å². The van der Waals surface area contributed by atoms with Gasteiger partial charge in [-0.25, -0.2) is 0 Å². The van der Waals surface area contributed by atoms with Crippen LogP contribution in [0.3, 0.4) is 0 Å². The van der Waals surface area contributed by atoms with Gasteiger partial charge in [-0.15, -0.1) is 0 Å². The number of nitrogens with zero attached hydrogens (tertiary/aromatic N) is 1. The van der Waals surface area contributed by atoms with E-state index in [2.05, 4.69) is 46.3 Å². The summed E-state index contributed by atoms with van der Waals surface area (Å²) in [6, 6.07) is 8.18. The molecule has 0 unspecified atom stereocenters. The van der Waals surface area contributed by atoms with Gasteiger partial charge in [-0.05, 0) is 56.8 Å². The number of ether oxygens (including phenoxy) is 1. The van der Waals surface area contributed by atoms with Crippen LogP contribution in [-0.4, -0.2) is 37.8 Å². The fourth-order valence-electron chi connectivity index (χ4n) is 2.06. The van der Waals surface area contributed by atoms with E-state index in [1.807, 2.05) is 12.1 Å². The molecule has 0 aliphatic heterocycles. The van der Waals surface area contributed by atoms with E-state index in [9.17, 15) is 4.79 Å². The van der Waals surface area contributed by atoms with Crippen molar-refractivity contribution in [2.45, 2.75) is 26.7 Å². The molecule has 2 N–H and O–H groups in total. The summed E-state index contributed by atoms with van der Waals surface area (Å²) in [7, 11) is 1.39. The number of nitrogens with one attached hydrogen (secondary N) is 2. The van der Waals surface area contributed by atoms with E-state index >= 15 is 0 Å². The van der Waals surface area contributed by atoms with Gasteiger partial charge in [0, 0.05) is 37.4 Å². The lowest BCUT2D eigenvalue weighted by molar-refractivity contribution is -0.140. The summed E-state index contributed by atoms with van der Waals surface area (Å²) in [5.74, 6) is -0.201. The number of rotatable bonds is 8. The van der Waals surface area contributed by atoms with Crippen LogP contribution in [0.1, 0.15) is 26.7 Å². The lowest BCUT2D eigenvalue weighted by Crippen LogP contribution is -2.29. The molecule has 5 nitrogen and oxygen atoms in total. The minimum Gasteiger partial charge on any atom is -0.469 e. The van der Waals surface area contributed by atoms with Crippen molar-refractivity contribution in [1.29, 1.82) is 0 Å². The lowest BCUT2D eigenvalue weighted by Gasteiger charge is -2.21. The molecule has 0 aromatic heterocycles. The van der Waals surface area contributed by atoms with Crippen molar-refractivity contribution in [3.63, 3.8) is 0 Å². The second-order valence-electron chi connectivity index (χ2n) is 4.78. The maximum absolute atomic E-state index is 11.0. The first-order valence-electron chi connectivity index (χ1n) is 7.57. The minimum absolute atomic E-state index is 0.201. The largest absolute Gasteiger partial charge is 0.469 e. The monoisotopic (exact) mass is 323 g/mol. The normalized spacial score (nSPS) is 9.95. The minimum atomic E-state index is -0.201. The zero-order valence-electron chi connectivity index (χ0n) is 13.5. The van der Waals surface area contributed by atoms with Crippen molar-refractivity contribution >= 4 is 34.7 Å². The SMILES string of the molecule is CCN(CC)c1ccc(NC(=S)NCCCC(=O)OC)cc1. The fourth-order valence-corrected chi connectivity index (χ4v) is 2.28. The molecule has 0 radical (unpaired) electrons. The molecule has 6 heteroatoms. The summed E-state index contributed by atoms with van der Waals surface area (Å²) in [6.45, 7) is 6.90. The van der Waals surface area contributed by atoms with Crippen molar-refractivity contribution in [1.82, 2.24) is 5.32 Å². The van der Waals surface area contributed by atoms with Crippen LogP contribution in [0, 0.1) is 0 Å². The summed E-state index contributed by atoms with van der Waals surface area (Å²) in [6.07, 6.45) is 1.08. The maximum atomic E-state index is 11.0. The second kappa shape index (κ2) is 10.00. The molecule has 0 bridgehead atoms. The van der Waals surface area contributed by atoms with Crippen LogP contribution in [0.4, 0.5) is 11.4 Å². The highest BCUT2D eigenvalue weighted by Crippen LogP contribution is 2.17. The van der Waals surface area contributed by atoms with Crippen LogP contribution in [0.25, 0.3) is 0 Å². The Morgan fingerprint density at radius 2 is 1.86 bits per heavy atom. The molecule has 122 valence electrons. The highest BCUT2D eigenvalue weighted by Gasteiger charge is 2.03. The van der Waals surface area contributed by atoms with E-state index in [4.69, 9.17) is 12.2 Å². The van der Waals surface area contributed by atoms with Crippen molar-refractivity contribution < 1.29 is 9.53 Å². The first-order chi connectivity index (χ1) is 10.6. The van der Waals surface area contributed by atoms with Gasteiger partial charge < -0.3 is 20.3 Å². The predicted octanol–water partition coefficient (Wildman–Crippen LogP) is 2.77. The van der Waals surface area contributed by atoms with Crippen LogP contribution in [0.5, 0.6) is 0 Å². The van der Waals surface area contributed by atoms with Gasteiger partial charge >= 0.3 is 5.97 Å². The van der Waals surface area contributed by atoms with Gasteiger partial charge in [0.05, 0.1) is 7.11 Å². The summed E-state index contributed by atoms with van der Waals surface area (Å²) >= 11 is 5.22. The van der Waals surface area contributed by atoms with E-state index < -0.39 is 0 Å². The van der Waals surface area contributed by atoms with E-state index in [-0.39, 0.29) is 5.97 Å². The quantitative estimate of drug-likeness (QED) is 0.436. The molecular weight excluding hydrogens is 298 g/mol. The topological polar surface area (TPSA) is 53.6 Å². The highest BCUT2D eigenvalue weighted by atomic mass is 32.1. The van der Waals surface area contributed by atoms with Gasteiger partial charge in [-0.1, -0.05) is 0 Å². The Kier molecular flexibility index (Phi) is 8.28. The predicted molar refractivity (Wildman–Crippen MR) is 95.5 cm³/mol. The van der Waals surface area contributed by atoms with Gasteiger partial charge in [0.15, 0.2) is 5.11 Å². The molecule has 22 heavy (non-hydrogen) atoms. The summed E-state index contributed by atoms with van der Waals surface area (Å²) in [4.78, 5) is 13.3. The molecule has 0 amide bonds. The molecule has 0 fully saturated rings. The van der Waals surface area contributed by atoms with Crippen LogP contribution in [-0.2, 0) is 9.53 Å².